The third kappa shape index (κ3) is 2.41. The fourth-order valence-electron chi connectivity index (χ4n) is 2.08. The lowest BCUT2D eigenvalue weighted by molar-refractivity contribution is 0.711. The second kappa shape index (κ2) is 5.01. The molecule has 0 saturated carbocycles. The number of benzene rings is 1. The first-order valence-electron chi connectivity index (χ1n) is 5.93. The maximum absolute atomic E-state index is 2.38. The van der Waals surface area contributed by atoms with Crippen LogP contribution in [0.5, 0.6) is 0 Å². The van der Waals surface area contributed by atoms with Gasteiger partial charge in [-0.25, -0.2) is 0 Å². The summed E-state index contributed by atoms with van der Waals surface area (Å²) in [5, 5.41) is 0. The molecule has 0 atom stereocenters. The molecule has 0 aliphatic carbocycles. The number of para-hydroxylation sites is 1. The van der Waals surface area contributed by atoms with E-state index in [1.165, 1.54) is 30.5 Å². The number of unbranched alkanes of at least 4 members (excludes halogenated alkanes) is 2. The van der Waals surface area contributed by atoms with Crippen molar-refractivity contribution < 1.29 is 0 Å². The van der Waals surface area contributed by atoms with Gasteiger partial charge in [-0.15, -0.1) is 0 Å². The van der Waals surface area contributed by atoms with Crippen molar-refractivity contribution in [3.8, 4) is 0 Å². The maximum Gasteiger partial charge on any atom is 0.0441 e. The molecule has 0 bridgehead atoms. The number of rotatable bonds is 4. The van der Waals surface area contributed by atoms with Crippen LogP contribution in [0, 0.1) is 0 Å². The molecule has 1 heterocycles. The molecule has 0 radical (unpaired) electrons. The lowest BCUT2D eigenvalue weighted by Gasteiger charge is -2.26. The van der Waals surface area contributed by atoms with Crippen molar-refractivity contribution >= 4 is 5.69 Å². The molecule has 15 heavy (non-hydrogen) atoms. The van der Waals surface area contributed by atoms with Crippen molar-refractivity contribution in [2.24, 2.45) is 0 Å². The van der Waals surface area contributed by atoms with Crippen LogP contribution in [0.15, 0.2) is 36.5 Å². The Morgan fingerprint density at radius 2 is 2.07 bits per heavy atom. The van der Waals surface area contributed by atoms with E-state index in [0.717, 1.165) is 13.0 Å². The second-order valence-electron chi connectivity index (χ2n) is 4.12. The van der Waals surface area contributed by atoms with E-state index in [4.69, 9.17) is 0 Å². The Balaban J connectivity index is 2.05. The largest absolute Gasteiger partial charge is 0.348 e. The standard InChI is InChI=1S/C14H19N/c1-2-3-6-11-15-12-7-9-13-8-4-5-10-14(13)15/h4-5,7-8,10,12H,2-3,6,9,11H2,1H3. The molecule has 1 nitrogen and oxygen atoms in total. The summed E-state index contributed by atoms with van der Waals surface area (Å²) in [5.74, 6) is 0. The average molecular weight is 201 g/mol. The highest BCUT2D eigenvalue weighted by Crippen LogP contribution is 2.25. The summed E-state index contributed by atoms with van der Waals surface area (Å²) in [7, 11) is 0. The molecule has 0 saturated heterocycles. The summed E-state index contributed by atoms with van der Waals surface area (Å²) >= 11 is 0. The summed E-state index contributed by atoms with van der Waals surface area (Å²) in [5.41, 5.74) is 2.85. The number of hydrogen-bond acceptors (Lipinski definition) is 1. The van der Waals surface area contributed by atoms with Gasteiger partial charge in [0.15, 0.2) is 0 Å². The van der Waals surface area contributed by atoms with Crippen LogP contribution >= 0.6 is 0 Å². The van der Waals surface area contributed by atoms with Gasteiger partial charge in [-0.2, -0.15) is 0 Å². The first kappa shape index (κ1) is 10.3. The Labute approximate surface area is 92.4 Å². The molecule has 1 aromatic carbocycles. The minimum atomic E-state index is 1.08. The molecule has 2 rings (SSSR count). The maximum atomic E-state index is 2.38. The van der Waals surface area contributed by atoms with E-state index in [1.54, 1.807) is 0 Å². The van der Waals surface area contributed by atoms with Gasteiger partial charge < -0.3 is 4.90 Å². The summed E-state index contributed by atoms with van der Waals surface area (Å²) in [6, 6.07) is 8.71. The fraction of sp³-hybridized carbons (Fsp3) is 0.429. The van der Waals surface area contributed by atoms with Gasteiger partial charge in [-0.3, -0.25) is 0 Å². The van der Waals surface area contributed by atoms with Crippen LogP contribution in [-0.2, 0) is 6.42 Å². The molecule has 0 spiro atoms. The first-order chi connectivity index (χ1) is 7.42. The highest BCUT2D eigenvalue weighted by atomic mass is 15.1. The number of anilines is 1. The number of hydrogen-bond donors (Lipinski definition) is 0. The molecule has 0 amide bonds. The average Bonchev–Trinajstić information content (AvgIpc) is 2.30. The molecule has 80 valence electrons. The van der Waals surface area contributed by atoms with E-state index in [2.05, 4.69) is 48.4 Å². The Morgan fingerprint density at radius 3 is 2.93 bits per heavy atom. The van der Waals surface area contributed by atoms with Crippen LogP contribution in [0.3, 0.4) is 0 Å². The van der Waals surface area contributed by atoms with Crippen LogP contribution in [-0.4, -0.2) is 6.54 Å². The van der Waals surface area contributed by atoms with Gasteiger partial charge in [0.1, 0.15) is 0 Å². The number of allylic oxidation sites excluding steroid dienone is 1. The van der Waals surface area contributed by atoms with Crippen molar-refractivity contribution in [2.45, 2.75) is 32.6 Å². The number of fused-ring (bicyclic) bond motifs is 1. The number of nitrogens with zero attached hydrogens (tertiary/aromatic N) is 1. The molecule has 0 N–H and O–H groups in total. The van der Waals surface area contributed by atoms with Gasteiger partial charge in [-0.1, -0.05) is 44.0 Å². The van der Waals surface area contributed by atoms with E-state index in [9.17, 15) is 0 Å². The zero-order valence-corrected chi connectivity index (χ0v) is 9.45. The smallest absolute Gasteiger partial charge is 0.0441 e. The monoisotopic (exact) mass is 201 g/mol. The summed E-state index contributed by atoms with van der Waals surface area (Å²) < 4.78 is 0. The van der Waals surface area contributed by atoms with Crippen LogP contribution in [0.1, 0.15) is 31.7 Å². The Bertz CT molecular complexity index is 341. The predicted molar refractivity (Wildman–Crippen MR) is 66.2 cm³/mol. The van der Waals surface area contributed by atoms with Gasteiger partial charge in [0.2, 0.25) is 0 Å². The van der Waals surface area contributed by atoms with Gasteiger partial charge in [0.05, 0.1) is 0 Å². The third-order valence-corrected chi connectivity index (χ3v) is 2.93. The molecule has 0 fully saturated rings. The molecule has 0 unspecified atom stereocenters. The van der Waals surface area contributed by atoms with Gasteiger partial charge in [-0.05, 0) is 24.5 Å². The Hall–Kier alpha value is -1.24. The van der Waals surface area contributed by atoms with Gasteiger partial charge in [0, 0.05) is 18.4 Å². The predicted octanol–water partition coefficient (Wildman–Crippen LogP) is 3.75. The quantitative estimate of drug-likeness (QED) is 0.670. The van der Waals surface area contributed by atoms with E-state index in [0.29, 0.717) is 0 Å². The van der Waals surface area contributed by atoms with E-state index in [1.807, 2.05) is 0 Å². The molecule has 1 aromatic rings. The summed E-state index contributed by atoms with van der Waals surface area (Å²) in [4.78, 5) is 2.38. The van der Waals surface area contributed by atoms with Crippen molar-refractivity contribution in [1.82, 2.24) is 0 Å². The van der Waals surface area contributed by atoms with Gasteiger partial charge in [0.25, 0.3) is 0 Å². The van der Waals surface area contributed by atoms with Crippen molar-refractivity contribution in [1.29, 1.82) is 0 Å². The molecular weight excluding hydrogens is 182 g/mol. The zero-order chi connectivity index (χ0) is 10.5. The highest BCUT2D eigenvalue weighted by molar-refractivity contribution is 5.58. The van der Waals surface area contributed by atoms with E-state index < -0.39 is 0 Å². The van der Waals surface area contributed by atoms with Crippen LogP contribution in [0.25, 0.3) is 0 Å². The van der Waals surface area contributed by atoms with E-state index in [-0.39, 0.29) is 0 Å². The second-order valence-corrected chi connectivity index (χ2v) is 4.12. The third-order valence-electron chi connectivity index (χ3n) is 2.93. The fourth-order valence-corrected chi connectivity index (χ4v) is 2.08. The molecule has 1 heteroatoms. The summed E-state index contributed by atoms with van der Waals surface area (Å²) in [6.07, 6.45) is 9.48. The van der Waals surface area contributed by atoms with Crippen LogP contribution in [0.4, 0.5) is 5.69 Å². The first-order valence-corrected chi connectivity index (χ1v) is 5.93. The molecule has 1 aliphatic rings. The highest BCUT2D eigenvalue weighted by Gasteiger charge is 2.10. The van der Waals surface area contributed by atoms with E-state index >= 15 is 0 Å². The van der Waals surface area contributed by atoms with Crippen molar-refractivity contribution in [2.75, 3.05) is 11.4 Å². The molecular formula is C14H19N. The lowest BCUT2D eigenvalue weighted by atomic mass is 10.1. The van der Waals surface area contributed by atoms with Crippen LogP contribution in [0.2, 0.25) is 0 Å². The minimum absolute atomic E-state index is 1.08. The lowest BCUT2D eigenvalue weighted by Crippen LogP contribution is -2.21. The van der Waals surface area contributed by atoms with Crippen LogP contribution < -0.4 is 4.90 Å². The Morgan fingerprint density at radius 1 is 1.20 bits per heavy atom. The molecule has 0 aromatic heterocycles. The van der Waals surface area contributed by atoms with Gasteiger partial charge >= 0.3 is 0 Å². The zero-order valence-electron chi connectivity index (χ0n) is 9.45. The minimum Gasteiger partial charge on any atom is -0.348 e. The SMILES string of the molecule is CCCCCN1C=CCc2ccccc21. The Kier molecular flexibility index (Phi) is 3.44. The molecule has 1 aliphatic heterocycles. The topological polar surface area (TPSA) is 3.24 Å². The summed E-state index contributed by atoms with van der Waals surface area (Å²) in [6.45, 7) is 3.40. The van der Waals surface area contributed by atoms with Crippen molar-refractivity contribution in [3.05, 3.63) is 42.1 Å². The normalized spacial score (nSPS) is 14.1. The van der Waals surface area contributed by atoms with Crippen molar-refractivity contribution in [3.63, 3.8) is 0 Å².